The molecule has 2 aromatic heterocycles. The molecule has 5 rings (SSSR count). The van der Waals surface area contributed by atoms with Gasteiger partial charge < -0.3 is 14.6 Å². The molecule has 2 saturated heterocycles. The van der Waals surface area contributed by atoms with Crippen molar-refractivity contribution in [2.75, 3.05) is 26.3 Å². The predicted molar refractivity (Wildman–Crippen MR) is 106 cm³/mol. The topological polar surface area (TPSA) is 72.1 Å². The van der Waals surface area contributed by atoms with Crippen LogP contribution in [0.3, 0.4) is 0 Å². The first-order chi connectivity index (χ1) is 13.5. The molecular formula is C19H21ClN4O3S. The zero-order valence-corrected chi connectivity index (χ0v) is 17.0. The summed E-state index contributed by atoms with van der Waals surface area (Å²) < 4.78 is 13.3. The van der Waals surface area contributed by atoms with Crippen LogP contribution in [0.1, 0.15) is 35.1 Å². The van der Waals surface area contributed by atoms with Crippen molar-refractivity contribution in [2.24, 2.45) is 0 Å². The van der Waals surface area contributed by atoms with Gasteiger partial charge in [-0.3, -0.25) is 4.90 Å². The Labute approximate surface area is 171 Å². The number of nitrogens with zero attached hydrogens (tertiary/aromatic N) is 4. The van der Waals surface area contributed by atoms with E-state index in [4.69, 9.17) is 21.1 Å². The zero-order chi connectivity index (χ0) is 19.3. The highest BCUT2D eigenvalue weighted by atomic mass is 35.5. The fourth-order valence-electron chi connectivity index (χ4n) is 4.14. The second kappa shape index (κ2) is 6.96. The quantitative estimate of drug-likeness (QED) is 0.700. The number of fused-ring (bicyclic) bond motifs is 1. The number of aryl methyl sites for hydroxylation is 1. The molecule has 4 heterocycles. The number of likely N-dealkylation sites (tertiary alicyclic amines) is 1. The molecule has 1 aromatic carbocycles. The third kappa shape index (κ3) is 3.09. The van der Waals surface area contributed by atoms with Crippen molar-refractivity contribution >= 4 is 27.9 Å². The van der Waals surface area contributed by atoms with E-state index in [1.165, 1.54) is 15.9 Å². The van der Waals surface area contributed by atoms with Gasteiger partial charge in [-0.05, 0) is 24.6 Å². The van der Waals surface area contributed by atoms with Gasteiger partial charge in [0.1, 0.15) is 5.82 Å². The maximum atomic E-state index is 10.9. The van der Waals surface area contributed by atoms with Gasteiger partial charge in [-0.1, -0.05) is 35.1 Å². The predicted octanol–water partition coefficient (Wildman–Crippen LogP) is 3.39. The molecule has 0 saturated carbocycles. The molecule has 1 N–H and O–H groups in total. The molecule has 1 unspecified atom stereocenters. The maximum Gasteiger partial charge on any atom is 0.230 e. The van der Waals surface area contributed by atoms with Crippen molar-refractivity contribution in [3.8, 4) is 5.88 Å². The van der Waals surface area contributed by atoms with Crippen LogP contribution in [0.5, 0.6) is 5.88 Å². The van der Waals surface area contributed by atoms with E-state index in [0.717, 1.165) is 36.4 Å². The summed E-state index contributed by atoms with van der Waals surface area (Å²) in [5.41, 5.74) is 1.04. The van der Waals surface area contributed by atoms with Gasteiger partial charge >= 0.3 is 0 Å². The number of piperidine rings is 1. The second-order valence-electron chi connectivity index (χ2n) is 7.24. The van der Waals surface area contributed by atoms with Crippen molar-refractivity contribution in [1.82, 2.24) is 19.5 Å². The summed E-state index contributed by atoms with van der Waals surface area (Å²) >= 11 is 7.75. The zero-order valence-electron chi connectivity index (χ0n) is 15.5. The normalized spacial score (nSPS) is 20.9. The molecule has 2 fully saturated rings. The van der Waals surface area contributed by atoms with E-state index in [1.54, 1.807) is 0 Å². The Kier molecular flexibility index (Phi) is 4.56. The van der Waals surface area contributed by atoms with Gasteiger partial charge in [-0.2, -0.15) is 4.52 Å². The van der Waals surface area contributed by atoms with Crippen LogP contribution in [0, 0.1) is 6.92 Å². The van der Waals surface area contributed by atoms with Crippen molar-refractivity contribution in [2.45, 2.75) is 31.6 Å². The SMILES string of the molecule is Cc1nc2sc(C(c3cccc(Cl)c3)N3CCC4(CC3)OCCO4)c(O)n2n1. The Morgan fingerprint density at radius 1 is 1.25 bits per heavy atom. The van der Waals surface area contributed by atoms with Crippen LogP contribution in [-0.2, 0) is 9.47 Å². The molecule has 7 nitrogen and oxygen atoms in total. The highest BCUT2D eigenvalue weighted by Crippen LogP contribution is 2.43. The number of benzene rings is 1. The molecule has 3 aromatic rings. The molecule has 0 radical (unpaired) electrons. The summed E-state index contributed by atoms with van der Waals surface area (Å²) in [5, 5.41) is 15.9. The standard InChI is InChI=1S/C19H21ClN4O3S/c1-12-21-18-24(22-12)17(25)16(28-18)15(13-3-2-4-14(20)11-13)23-7-5-19(6-8-23)26-9-10-27-19/h2-4,11,15,25H,5-10H2,1H3. The van der Waals surface area contributed by atoms with E-state index in [1.807, 2.05) is 31.2 Å². The van der Waals surface area contributed by atoms with Crippen molar-refractivity contribution < 1.29 is 14.6 Å². The molecule has 0 aliphatic carbocycles. The second-order valence-corrected chi connectivity index (χ2v) is 8.69. The molecule has 0 amide bonds. The van der Waals surface area contributed by atoms with Gasteiger partial charge in [0.2, 0.25) is 10.8 Å². The molecule has 28 heavy (non-hydrogen) atoms. The van der Waals surface area contributed by atoms with Crippen LogP contribution < -0.4 is 0 Å². The minimum atomic E-state index is -0.444. The van der Waals surface area contributed by atoms with Crippen LogP contribution in [-0.4, -0.2) is 56.7 Å². The lowest BCUT2D eigenvalue weighted by atomic mass is 9.97. The first kappa shape index (κ1) is 18.3. The summed E-state index contributed by atoms with van der Waals surface area (Å²) in [4.78, 5) is 8.27. The van der Waals surface area contributed by atoms with Crippen LogP contribution >= 0.6 is 22.9 Å². The molecular weight excluding hydrogens is 400 g/mol. The number of aromatic nitrogens is 3. The lowest BCUT2D eigenvalue weighted by Crippen LogP contribution is -2.46. The monoisotopic (exact) mass is 420 g/mol. The fourth-order valence-corrected chi connectivity index (χ4v) is 5.50. The van der Waals surface area contributed by atoms with Crippen LogP contribution in [0.15, 0.2) is 24.3 Å². The Bertz CT molecular complexity index is 1000. The average molecular weight is 421 g/mol. The third-order valence-electron chi connectivity index (χ3n) is 5.46. The lowest BCUT2D eigenvalue weighted by molar-refractivity contribution is -0.187. The number of halogens is 1. The van der Waals surface area contributed by atoms with Gasteiger partial charge in [-0.15, -0.1) is 5.10 Å². The minimum absolute atomic E-state index is 0.133. The number of hydrogen-bond donors (Lipinski definition) is 1. The number of ether oxygens (including phenoxy) is 2. The molecule has 1 spiro atoms. The number of rotatable bonds is 3. The lowest BCUT2D eigenvalue weighted by Gasteiger charge is -2.41. The highest BCUT2D eigenvalue weighted by Gasteiger charge is 2.42. The van der Waals surface area contributed by atoms with E-state index >= 15 is 0 Å². The maximum absolute atomic E-state index is 10.9. The van der Waals surface area contributed by atoms with Gasteiger partial charge in [0, 0.05) is 31.0 Å². The Morgan fingerprint density at radius 2 is 2.00 bits per heavy atom. The van der Waals surface area contributed by atoms with Crippen LogP contribution in [0.25, 0.3) is 4.96 Å². The number of hydrogen-bond acceptors (Lipinski definition) is 7. The van der Waals surface area contributed by atoms with Crippen LogP contribution in [0.4, 0.5) is 0 Å². The molecule has 9 heteroatoms. The van der Waals surface area contributed by atoms with Gasteiger partial charge in [0.25, 0.3) is 0 Å². The summed E-state index contributed by atoms with van der Waals surface area (Å²) in [6.45, 7) is 4.73. The molecule has 2 aliphatic heterocycles. The molecule has 148 valence electrons. The first-order valence-electron chi connectivity index (χ1n) is 9.37. The van der Waals surface area contributed by atoms with Gasteiger partial charge in [-0.25, -0.2) is 4.98 Å². The summed E-state index contributed by atoms with van der Waals surface area (Å²) in [6.07, 6.45) is 1.59. The van der Waals surface area contributed by atoms with Gasteiger partial charge in [0.15, 0.2) is 5.79 Å². The summed E-state index contributed by atoms with van der Waals surface area (Å²) in [7, 11) is 0. The Balaban J connectivity index is 1.53. The summed E-state index contributed by atoms with van der Waals surface area (Å²) in [5.74, 6) is 0.335. The van der Waals surface area contributed by atoms with Gasteiger partial charge in [0.05, 0.1) is 24.1 Å². The van der Waals surface area contributed by atoms with Crippen molar-refractivity contribution in [3.63, 3.8) is 0 Å². The summed E-state index contributed by atoms with van der Waals surface area (Å²) in [6, 6.07) is 7.67. The van der Waals surface area contributed by atoms with Crippen LogP contribution in [0.2, 0.25) is 5.02 Å². The van der Waals surface area contributed by atoms with E-state index in [-0.39, 0.29) is 11.9 Å². The number of aromatic hydroxyl groups is 1. The fraction of sp³-hybridized carbons (Fsp3) is 0.474. The minimum Gasteiger partial charge on any atom is -0.492 e. The third-order valence-corrected chi connectivity index (χ3v) is 6.76. The van der Waals surface area contributed by atoms with E-state index in [9.17, 15) is 5.11 Å². The average Bonchev–Trinajstić information content (AvgIpc) is 3.35. The van der Waals surface area contributed by atoms with E-state index in [2.05, 4.69) is 15.0 Å². The Morgan fingerprint density at radius 3 is 2.68 bits per heavy atom. The smallest absolute Gasteiger partial charge is 0.230 e. The first-order valence-corrected chi connectivity index (χ1v) is 10.6. The number of thiazole rings is 1. The van der Waals surface area contributed by atoms with E-state index in [0.29, 0.717) is 29.0 Å². The van der Waals surface area contributed by atoms with Crippen molar-refractivity contribution in [1.29, 1.82) is 0 Å². The highest BCUT2D eigenvalue weighted by molar-refractivity contribution is 7.17. The van der Waals surface area contributed by atoms with Crippen molar-refractivity contribution in [3.05, 3.63) is 45.6 Å². The molecule has 0 bridgehead atoms. The molecule has 2 aliphatic rings. The Hall–Kier alpha value is -1.71. The molecule has 1 atom stereocenters. The largest absolute Gasteiger partial charge is 0.492 e. The van der Waals surface area contributed by atoms with E-state index < -0.39 is 5.79 Å².